The minimum atomic E-state index is 1.05. The molecule has 0 atom stereocenters. The summed E-state index contributed by atoms with van der Waals surface area (Å²) in [5, 5.41) is 4.22. The highest BCUT2D eigenvalue weighted by molar-refractivity contribution is 5.02. The van der Waals surface area contributed by atoms with Gasteiger partial charge < -0.3 is 0 Å². The summed E-state index contributed by atoms with van der Waals surface area (Å²) in [7, 11) is 0. The summed E-state index contributed by atoms with van der Waals surface area (Å²) in [6, 6.07) is 2.10. The summed E-state index contributed by atoms with van der Waals surface area (Å²) in [5.74, 6) is 0. The normalized spacial score (nSPS) is 18.3. The van der Waals surface area contributed by atoms with E-state index < -0.39 is 0 Å². The van der Waals surface area contributed by atoms with Crippen molar-refractivity contribution in [2.24, 2.45) is 0 Å². The van der Waals surface area contributed by atoms with E-state index in [0.717, 1.165) is 26.2 Å². The molecule has 0 fully saturated rings. The molecule has 0 spiro atoms. The highest BCUT2D eigenvalue weighted by atomic mass is 15.3. The zero-order valence-corrected chi connectivity index (χ0v) is 6.82. The second-order valence-electron chi connectivity index (χ2n) is 2.91. The molecule has 0 bridgehead atoms. The van der Waals surface area contributed by atoms with Gasteiger partial charge in [0.25, 0.3) is 0 Å². The molecule has 1 aromatic heterocycles. The first-order valence-electron chi connectivity index (χ1n) is 4.13. The topological polar surface area (TPSA) is 21.1 Å². The number of nitrogens with zero attached hydrogens (tertiary/aromatic N) is 3. The van der Waals surface area contributed by atoms with Crippen LogP contribution < -0.4 is 0 Å². The summed E-state index contributed by atoms with van der Waals surface area (Å²) in [6.45, 7) is 6.61. The van der Waals surface area contributed by atoms with Crippen molar-refractivity contribution in [3.63, 3.8) is 0 Å². The molecule has 3 nitrogen and oxygen atoms in total. The van der Waals surface area contributed by atoms with Gasteiger partial charge in [-0.3, -0.25) is 9.58 Å². The zero-order valence-electron chi connectivity index (χ0n) is 6.82. The van der Waals surface area contributed by atoms with Crippen LogP contribution in [0.5, 0.6) is 0 Å². The van der Waals surface area contributed by atoms with Crippen molar-refractivity contribution >= 4 is 0 Å². The van der Waals surface area contributed by atoms with Crippen molar-refractivity contribution in [3.05, 3.63) is 18.0 Å². The summed E-state index contributed by atoms with van der Waals surface area (Å²) in [6.07, 6.45) is 1.88. The number of hydrogen-bond acceptors (Lipinski definition) is 2. The minimum Gasteiger partial charge on any atom is -0.296 e. The number of rotatable bonds is 1. The summed E-state index contributed by atoms with van der Waals surface area (Å²) in [5.41, 5.74) is 1.35. The molecule has 0 aliphatic carbocycles. The van der Waals surface area contributed by atoms with E-state index in [4.69, 9.17) is 0 Å². The smallest absolute Gasteiger partial charge is 0.0540 e. The number of likely N-dealkylation sites (N-methyl/N-ethyl adjacent to an activating group) is 1. The molecule has 1 aliphatic rings. The van der Waals surface area contributed by atoms with Crippen LogP contribution in [0.2, 0.25) is 0 Å². The first kappa shape index (κ1) is 6.85. The van der Waals surface area contributed by atoms with Gasteiger partial charge in [-0.15, -0.1) is 0 Å². The van der Waals surface area contributed by atoms with Crippen LogP contribution in [-0.2, 0) is 13.1 Å². The molecule has 2 rings (SSSR count). The van der Waals surface area contributed by atoms with Gasteiger partial charge in [-0.1, -0.05) is 6.92 Å². The van der Waals surface area contributed by atoms with Crippen LogP contribution in [0.3, 0.4) is 0 Å². The van der Waals surface area contributed by atoms with Gasteiger partial charge in [-0.2, -0.15) is 5.10 Å². The highest BCUT2D eigenvalue weighted by Crippen LogP contribution is 2.09. The van der Waals surface area contributed by atoms with Gasteiger partial charge in [0.1, 0.15) is 0 Å². The Morgan fingerprint density at radius 3 is 3.27 bits per heavy atom. The van der Waals surface area contributed by atoms with Crippen LogP contribution in [0.25, 0.3) is 0 Å². The molecule has 0 amide bonds. The number of fused-ring (bicyclic) bond motifs is 1. The Morgan fingerprint density at radius 2 is 2.45 bits per heavy atom. The third kappa shape index (κ3) is 1.16. The number of hydrogen-bond donors (Lipinski definition) is 0. The maximum atomic E-state index is 4.22. The lowest BCUT2D eigenvalue weighted by molar-refractivity contribution is 0.224. The fourth-order valence-electron chi connectivity index (χ4n) is 1.51. The molecule has 11 heavy (non-hydrogen) atoms. The zero-order chi connectivity index (χ0) is 7.68. The predicted molar refractivity (Wildman–Crippen MR) is 43.2 cm³/mol. The van der Waals surface area contributed by atoms with Crippen molar-refractivity contribution in [1.29, 1.82) is 0 Å². The van der Waals surface area contributed by atoms with Gasteiger partial charge in [-0.25, -0.2) is 0 Å². The van der Waals surface area contributed by atoms with Crippen molar-refractivity contribution in [3.8, 4) is 0 Å². The second kappa shape index (κ2) is 2.66. The molecule has 60 valence electrons. The Kier molecular flexibility index (Phi) is 1.66. The fraction of sp³-hybridized carbons (Fsp3) is 0.625. The van der Waals surface area contributed by atoms with E-state index in [2.05, 4.69) is 27.7 Å². The molecule has 0 N–H and O–H groups in total. The SMILES string of the molecule is CCN1CCn2nccc2C1. The van der Waals surface area contributed by atoms with Crippen molar-refractivity contribution in [2.75, 3.05) is 13.1 Å². The van der Waals surface area contributed by atoms with Crippen LogP contribution in [0.15, 0.2) is 12.3 Å². The van der Waals surface area contributed by atoms with Crippen LogP contribution >= 0.6 is 0 Å². The molecule has 0 unspecified atom stereocenters. The standard InChI is InChI=1S/C8H13N3/c1-2-10-5-6-11-8(7-10)3-4-9-11/h3-4H,2,5-7H2,1H3. The van der Waals surface area contributed by atoms with E-state index in [9.17, 15) is 0 Å². The predicted octanol–water partition coefficient (Wildman–Crippen LogP) is 0.719. The molecule has 2 heterocycles. The Hall–Kier alpha value is -0.830. The average Bonchev–Trinajstić information content (AvgIpc) is 2.50. The van der Waals surface area contributed by atoms with Gasteiger partial charge in [0.2, 0.25) is 0 Å². The summed E-state index contributed by atoms with van der Waals surface area (Å²) >= 11 is 0. The van der Waals surface area contributed by atoms with E-state index in [1.165, 1.54) is 5.69 Å². The molecule has 0 aromatic carbocycles. The Bertz CT molecular complexity index is 241. The summed E-state index contributed by atoms with van der Waals surface area (Å²) in [4.78, 5) is 2.43. The van der Waals surface area contributed by atoms with E-state index in [1.54, 1.807) is 0 Å². The molecule has 1 aliphatic heterocycles. The van der Waals surface area contributed by atoms with Crippen LogP contribution in [0.4, 0.5) is 0 Å². The van der Waals surface area contributed by atoms with Crippen molar-refractivity contribution in [1.82, 2.24) is 14.7 Å². The number of aromatic nitrogens is 2. The highest BCUT2D eigenvalue weighted by Gasteiger charge is 2.13. The Morgan fingerprint density at radius 1 is 1.55 bits per heavy atom. The quantitative estimate of drug-likeness (QED) is 0.589. The van der Waals surface area contributed by atoms with E-state index in [1.807, 2.05) is 6.20 Å². The van der Waals surface area contributed by atoms with Gasteiger partial charge in [-0.05, 0) is 12.6 Å². The molecule has 0 saturated carbocycles. The lowest BCUT2D eigenvalue weighted by Crippen LogP contribution is -2.33. The molecule has 0 radical (unpaired) electrons. The fourth-order valence-corrected chi connectivity index (χ4v) is 1.51. The monoisotopic (exact) mass is 151 g/mol. The first-order valence-corrected chi connectivity index (χ1v) is 4.13. The maximum Gasteiger partial charge on any atom is 0.0540 e. The van der Waals surface area contributed by atoms with E-state index in [-0.39, 0.29) is 0 Å². The third-order valence-corrected chi connectivity index (χ3v) is 2.27. The van der Waals surface area contributed by atoms with E-state index >= 15 is 0 Å². The van der Waals surface area contributed by atoms with Crippen molar-refractivity contribution in [2.45, 2.75) is 20.0 Å². The van der Waals surface area contributed by atoms with Crippen LogP contribution in [0.1, 0.15) is 12.6 Å². The maximum absolute atomic E-state index is 4.22. The lowest BCUT2D eigenvalue weighted by Gasteiger charge is -2.25. The Labute approximate surface area is 66.6 Å². The minimum absolute atomic E-state index is 1.05. The van der Waals surface area contributed by atoms with Crippen LogP contribution in [0, 0.1) is 0 Å². The summed E-state index contributed by atoms with van der Waals surface area (Å²) < 4.78 is 2.09. The lowest BCUT2D eigenvalue weighted by atomic mass is 10.3. The first-order chi connectivity index (χ1) is 5.40. The van der Waals surface area contributed by atoms with Crippen molar-refractivity contribution < 1.29 is 0 Å². The molecular formula is C8H13N3. The Balaban J connectivity index is 2.18. The van der Waals surface area contributed by atoms with E-state index in [0.29, 0.717) is 0 Å². The molecule has 3 heteroatoms. The van der Waals surface area contributed by atoms with Gasteiger partial charge >= 0.3 is 0 Å². The third-order valence-electron chi connectivity index (χ3n) is 2.27. The molecule has 0 saturated heterocycles. The average molecular weight is 151 g/mol. The molecule has 1 aromatic rings. The van der Waals surface area contributed by atoms with Gasteiger partial charge in [0.05, 0.1) is 12.2 Å². The van der Waals surface area contributed by atoms with Gasteiger partial charge in [0.15, 0.2) is 0 Å². The van der Waals surface area contributed by atoms with Crippen LogP contribution in [-0.4, -0.2) is 27.8 Å². The second-order valence-corrected chi connectivity index (χ2v) is 2.91. The largest absolute Gasteiger partial charge is 0.296 e. The molecular weight excluding hydrogens is 138 g/mol. The van der Waals surface area contributed by atoms with Gasteiger partial charge in [0, 0.05) is 19.3 Å².